The van der Waals surface area contributed by atoms with Gasteiger partial charge in [0.1, 0.15) is 23.0 Å². The van der Waals surface area contributed by atoms with Gasteiger partial charge in [-0.1, -0.05) is 67.6 Å². The van der Waals surface area contributed by atoms with Gasteiger partial charge in [-0.3, -0.25) is 0 Å². The number of rotatable bonds is 5. The van der Waals surface area contributed by atoms with Gasteiger partial charge in [0.15, 0.2) is 0 Å². The number of benzene rings is 2. The predicted molar refractivity (Wildman–Crippen MR) is 124 cm³/mol. The van der Waals surface area contributed by atoms with Crippen LogP contribution in [0.1, 0.15) is 29.0 Å². The number of nitrogens with zero attached hydrogens (tertiary/aromatic N) is 3. The van der Waals surface area contributed by atoms with Crippen LogP contribution in [-0.4, -0.2) is 36.1 Å². The maximum atomic E-state index is 4.68. The molecule has 0 amide bonds. The maximum Gasteiger partial charge on any atom is 0.141 e. The molecule has 30 heavy (non-hydrogen) atoms. The van der Waals surface area contributed by atoms with E-state index in [1.54, 1.807) is 22.6 Å². The lowest BCUT2D eigenvalue weighted by Crippen LogP contribution is -3.15. The minimum absolute atomic E-state index is 0.368. The van der Waals surface area contributed by atoms with Crippen molar-refractivity contribution in [2.45, 2.75) is 19.4 Å². The van der Waals surface area contributed by atoms with E-state index >= 15 is 0 Å². The zero-order valence-corrected chi connectivity index (χ0v) is 18.1. The van der Waals surface area contributed by atoms with E-state index in [0.717, 1.165) is 43.2 Å². The number of anilines is 1. The highest BCUT2D eigenvalue weighted by molar-refractivity contribution is 7.18. The summed E-state index contributed by atoms with van der Waals surface area (Å²) in [5.41, 5.74) is 2.78. The molecule has 1 aliphatic heterocycles. The third kappa shape index (κ3) is 3.71. The number of aromatic nitrogens is 2. The van der Waals surface area contributed by atoms with Crippen LogP contribution in [0.3, 0.4) is 0 Å². The van der Waals surface area contributed by atoms with Crippen molar-refractivity contribution < 1.29 is 4.90 Å². The monoisotopic (exact) mass is 415 g/mol. The molecule has 1 aliphatic rings. The minimum Gasteiger partial charge on any atom is -0.345 e. The Balaban J connectivity index is 1.40. The minimum atomic E-state index is 0.368. The van der Waals surface area contributed by atoms with Crippen LogP contribution in [0.4, 0.5) is 5.82 Å². The predicted octanol–water partition coefficient (Wildman–Crippen LogP) is 3.75. The number of hydrogen-bond donors (Lipinski definition) is 1. The average Bonchev–Trinajstić information content (AvgIpc) is 3.25. The highest BCUT2D eigenvalue weighted by Crippen LogP contribution is 2.30. The topological polar surface area (TPSA) is 33.5 Å². The molecule has 0 saturated carbocycles. The van der Waals surface area contributed by atoms with Gasteiger partial charge in [0, 0.05) is 16.0 Å². The highest BCUT2D eigenvalue weighted by Gasteiger charge is 2.31. The number of nitrogens with one attached hydrogen (secondary N) is 1. The van der Waals surface area contributed by atoms with Gasteiger partial charge in [0.05, 0.1) is 31.6 Å². The molecule has 5 rings (SSSR count). The molecule has 3 heterocycles. The molecule has 0 unspecified atom stereocenters. The molecule has 2 aromatic carbocycles. The van der Waals surface area contributed by atoms with Crippen LogP contribution in [0.2, 0.25) is 0 Å². The second-order valence-corrected chi connectivity index (χ2v) is 9.00. The maximum absolute atomic E-state index is 4.68. The van der Waals surface area contributed by atoms with Crippen LogP contribution in [0.15, 0.2) is 73.1 Å². The summed E-state index contributed by atoms with van der Waals surface area (Å²) in [6, 6.07) is 24.5. The molecule has 1 saturated heterocycles. The van der Waals surface area contributed by atoms with Gasteiger partial charge in [-0.05, 0) is 12.5 Å². The molecule has 0 atom stereocenters. The van der Waals surface area contributed by atoms with Crippen molar-refractivity contribution in [1.29, 1.82) is 0 Å². The Morgan fingerprint density at radius 1 is 0.933 bits per heavy atom. The van der Waals surface area contributed by atoms with Gasteiger partial charge in [-0.2, -0.15) is 0 Å². The quantitative estimate of drug-likeness (QED) is 0.539. The molecule has 0 spiro atoms. The summed E-state index contributed by atoms with van der Waals surface area (Å²) in [7, 11) is 0. The van der Waals surface area contributed by atoms with Crippen molar-refractivity contribution in [3.8, 4) is 0 Å². The number of hydrogen-bond acceptors (Lipinski definition) is 4. The van der Waals surface area contributed by atoms with Gasteiger partial charge in [0.2, 0.25) is 0 Å². The van der Waals surface area contributed by atoms with Crippen LogP contribution < -0.4 is 9.80 Å². The van der Waals surface area contributed by atoms with E-state index in [0.29, 0.717) is 6.04 Å². The van der Waals surface area contributed by atoms with Gasteiger partial charge in [-0.15, -0.1) is 11.3 Å². The first-order valence-corrected chi connectivity index (χ1v) is 11.6. The normalized spacial score (nSPS) is 15.2. The Kier molecular flexibility index (Phi) is 5.47. The third-order valence-electron chi connectivity index (χ3n) is 6.09. The summed E-state index contributed by atoms with van der Waals surface area (Å²) in [5.74, 6) is 1.10. The molecular weight excluding hydrogens is 388 g/mol. The second-order valence-electron chi connectivity index (χ2n) is 7.88. The summed E-state index contributed by atoms with van der Waals surface area (Å²) >= 11 is 1.79. The Labute approximate surface area is 181 Å². The molecule has 1 N–H and O–H groups in total. The van der Waals surface area contributed by atoms with Crippen molar-refractivity contribution >= 4 is 27.4 Å². The summed E-state index contributed by atoms with van der Waals surface area (Å²) < 4.78 is 0. The van der Waals surface area contributed by atoms with E-state index in [4.69, 9.17) is 0 Å². The van der Waals surface area contributed by atoms with Crippen LogP contribution in [0.5, 0.6) is 0 Å². The van der Waals surface area contributed by atoms with E-state index in [9.17, 15) is 0 Å². The zero-order valence-electron chi connectivity index (χ0n) is 17.3. The second kappa shape index (κ2) is 8.54. The van der Waals surface area contributed by atoms with Gasteiger partial charge < -0.3 is 9.80 Å². The fourth-order valence-electron chi connectivity index (χ4n) is 4.57. The van der Waals surface area contributed by atoms with Gasteiger partial charge >= 0.3 is 0 Å². The number of aryl methyl sites for hydroxylation is 1. The standard InChI is InChI=1S/C25H26N4S/c1-2-21-17-22-24(26-18-27-25(22)30-21)29-15-13-28(14-16-29)23(19-9-5-3-6-10-19)20-11-7-4-8-12-20/h3-12,17-18,23H,2,13-16H2,1H3/p+1. The fourth-order valence-corrected chi connectivity index (χ4v) is 5.50. The molecule has 4 nitrogen and oxygen atoms in total. The first kappa shape index (κ1) is 19.2. The molecule has 2 aromatic heterocycles. The lowest BCUT2D eigenvalue weighted by atomic mass is 9.96. The average molecular weight is 416 g/mol. The fraction of sp³-hybridized carbons (Fsp3) is 0.280. The lowest BCUT2D eigenvalue weighted by molar-refractivity contribution is -0.926. The molecule has 0 bridgehead atoms. The number of quaternary nitrogens is 1. The van der Waals surface area contributed by atoms with Crippen LogP contribution in [0, 0.1) is 0 Å². The molecular formula is C25H27N4S+. The lowest BCUT2D eigenvalue weighted by Gasteiger charge is -2.37. The molecule has 4 aromatic rings. The first-order chi connectivity index (χ1) is 14.8. The van der Waals surface area contributed by atoms with Crippen molar-refractivity contribution in [1.82, 2.24) is 9.97 Å². The number of piperazine rings is 1. The Hall–Kier alpha value is -2.76. The summed E-state index contributed by atoms with van der Waals surface area (Å²) in [6.07, 6.45) is 2.78. The van der Waals surface area contributed by atoms with Crippen molar-refractivity contribution in [2.75, 3.05) is 31.1 Å². The van der Waals surface area contributed by atoms with E-state index in [1.807, 2.05) is 0 Å². The van der Waals surface area contributed by atoms with Crippen LogP contribution in [-0.2, 0) is 6.42 Å². The molecule has 152 valence electrons. The zero-order chi connectivity index (χ0) is 20.3. The first-order valence-electron chi connectivity index (χ1n) is 10.8. The largest absolute Gasteiger partial charge is 0.345 e. The smallest absolute Gasteiger partial charge is 0.141 e. The van der Waals surface area contributed by atoms with E-state index in [-0.39, 0.29) is 0 Å². The summed E-state index contributed by atoms with van der Waals surface area (Å²) in [4.78, 5) is 15.7. The Morgan fingerprint density at radius 2 is 1.57 bits per heavy atom. The SMILES string of the molecule is CCc1cc2c(N3CC[NH+](C(c4ccccc4)c4ccccc4)CC3)ncnc2s1. The molecule has 0 radical (unpaired) electrons. The van der Waals surface area contributed by atoms with E-state index < -0.39 is 0 Å². The third-order valence-corrected chi connectivity index (χ3v) is 7.27. The van der Waals surface area contributed by atoms with Gasteiger partial charge in [-0.25, -0.2) is 9.97 Å². The Morgan fingerprint density at radius 3 is 2.17 bits per heavy atom. The summed E-state index contributed by atoms with van der Waals surface area (Å²) in [6.45, 7) is 6.40. The molecule has 1 fully saturated rings. The van der Waals surface area contributed by atoms with Crippen LogP contribution >= 0.6 is 11.3 Å². The summed E-state index contributed by atoms with van der Waals surface area (Å²) in [5, 5.41) is 1.21. The van der Waals surface area contributed by atoms with Crippen LogP contribution in [0.25, 0.3) is 10.2 Å². The van der Waals surface area contributed by atoms with Gasteiger partial charge in [0.25, 0.3) is 0 Å². The number of fused-ring (bicyclic) bond motifs is 1. The van der Waals surface area contributed by atoms with E-state index in [2.05, 4.69) is 88.5 Å². The van der Waals surface area contributed by atoms with E-state index in [1.165, 1.54) is 21.4 Å². The Bertz CT molecular complexity index is 1060. The molecule has 5 heteroatoms. The number of thiophene rings is 1. The highest BCUT2D eigenvalue weighted by atomic mass is 32.1. The molecule has 0 aliphatic carbocycles. The van der Waals surface area contributed by atoms with Crippen molar-refractivity contribution in [3.63, 3.8) is 0 Å². The van der Waals surface area contributed by atoms with Crippen molar-refractivity contribution in [3.05, 3.63) is 89.1 Å². The van der Waals surface area contributed by atoms with Crippen molar-refractivity contribution in [2.24, 2.45) is 0 Å².